The SMILES string of the molecule is CCOC(=O)N1CCN(C(=O)Cc2ccc(OCC)cc2)CC1. The van der Waals surface area contributed by atoms with E-state index in [0.717, 1.165) is 11.3 Å². The highest BCUT2D eigenvalue weighted by atomic mass is 16.6. The molecule has 0 N–H and O–H groups in total. The van der Waals surface area contributed by atoms with Crippen molar-refractivity contribution >= 4 is 12.0 Å². The summed E-state index contributed by atoms with van der Waals surface area (Å²) >= 11 is 0. The Kier molecular flexibility index (Phi) is 6.26. The van der Waals surface area contributed by atoms with Gasteiger partial charge in [-0.2, -0.15) is 0 Å². The maximum atomic E-state index is 12.3. The molecule has 0 bridgehead atoms. The van der Waals surface area contributed by atoms with Gasteiger partial charge in [-0.3, -0.25) is 4.79 Å². The topological polar surface area (TPSA) is 59.1 Å². The van der Waals surface area contributed by atoms with Gasteiger partial charge in [-0.05, 0) is 31.5 Å². The van der Waals surface area contributed by atoms with Crippen LogP contribution in [-0.4, -0.2) is 61.2 Å². The Labute approximate surface area is 137 Å². The minimum atomic E-state index is -0.300. The number of ether oxygens (including phenoxy) is 2. The van der Waals surface area contributed by atoms with Crippen LogP contribution in [0.4, 0.5) is 4.79 Å². The van der Waals surface area contributed by atoms with E-state index in [4.69, 9.17) is 9.47 Å². The molecule has 0 unspecified atom stereocenters. The summed E-state index contributed by atoms with van der Waals surface area (Å²) in [6.45, 7) is 6.87. The van der Waals surface area contributed by atoms with Crippen molar-refractivity contribution in [2.75, 3.05) is 39.4 Å². The molecule has 6 nitrogen and oxygen atoms in total. The fraction of sp³-hybridized carbons (Fsp3) is 0.529. The fourth-order valence-electron chi connectivity index (χ4n) is 2.51. The number of benzene rings is 1. The van der Waals surface area contributed by atoms with E-state index >= 15 is 0 Å². The van der Waals surface area contributed by atoms with Gasteiger partial charge >= 0.3 is 6.09 Å². The predicted molar refractivity (Wildman–Crippen MR) is 86.5 cm³/mol. The van der Waals surface area contributed by atoms with Gasteiger partial charge in [-0.15, -0.1) is 0 Å². The zero-order valence-electron chi connectivity index (χ0n) is 13.8. The Hall–Kier alpha value is -2.24. The van der Waals surface area contributed by atoms with Crippen molar-refractivity contribution in [3.8, 4) is 5.75 Å². The molecule has 0 aromatic heterocycles. The lowest BCUT2D eigenvalue weighted by atomic mass is 10.1. The lowest BCUT2D eigenvalue weighted by Crippen LogP contribution is -2.51. The maximum absolute atomic E-state index is 12.3. The quantitative estimate of drug-likeness (QED) is 0.832. The number of hydrogen-bond donors (Lipinski definition) is 0. The van der Waals surface area contributed by atoms with E-state index in [-0.39, 0.29) is 12.0 Å². The van der Waals surface area contributed by atoms with Gasteiger partial charge in [-0.25, -0.2) is 4.79 Å². The van der Waals surface area contributed by atoms with Crippen LogP contribution in [0.1, 0.15) is 19.4 Å². The van der Waals surface area contributed by atoms with Crippen molar-refractivity contribution in [3.05, 3.63) is 29.8 Å². The summed E-state index contributed by atoms with van der Waals surface area (Å²) in [5.74, 6) is 0.893. The number of carbonyl (C=O) groups excluding carboxylic acids is 2. The van der Waals surface area contributed by atoms with Gasteiger partial charge in [0.25, 0.3) is 0 Å². The van der Waals surface area contributed by atoms with E-state index in [9.17, 15) is 9.59 Å². The van der Waals surface area contributed by atoms with Crippen LogP contribution in [0, 0.1) is 0 Å². The van der Waals surface area contributed by atoms with Crippen LogP contribution >= 0.6 is 0 Å². The molecular formula is C17H24N2O4. The number of amides is 2. The summed E-state index contributed by atoms with van der Waals surface area (Å²) in [5.41, 5.74) is 0.964. The summed E-state index contributed by atoms with van der Waals surface area (Å²) in [6.07, 6.45) is 0.0670. The minimum Gasteiger partial charge on any atom is -0.494 e. The minimum absolute atomic E-state index is 0.0812. The Morgan fingerprint density at radius 1 is 0.957 bits per heavy atom. The number of piperazine rings is 1. The van der Waals surface area contributed by atoms with E-state index in [1.54, 1.807) is 16.7 Å². The largest absolute Gasteiger partial charge is 0.494 e. The van der Waals surface area contributed by atoms with Crippen LogP contribution in [0.2, 0.25) is 0 Å². The van der Waals surface area contributed by atoms with Crippen LogP contribution in [0.3, 0.4) is 0 Å². The fourth-order valence-corrected chi connectivity index (χ4v) is 2.51. The summed E-state index contributed by atoms with van der Waals surface area (Å²) in [5, 5.41) is 0. The first-order valence-electron chi connectivity index (χ1n) is 8.05. The van der Waals surface area contributed by atoms with Crippen LogP contribution in [0.5, 0.6) is 5.75 Å². The molecule has 23 heavy (non-hydrogen) atoms. The molecular weight excluding hydrogens is 296 g/mol. The third kappa shape index (κ3) is 4.87. The Bertz CT molecular complexity index is 522. The molecule has 0 radical (unpaired) electrons. The second kappa shape index (κ2) is 8.41. The highest BCUT2D eigenvalue weighted by Gasteiger charge is 2.24. The van der Waals surface area contributed by atoms with Crippen molar-refractivity contribution in [2.45, 2.75) is 20.3 Å². The van der Waals surface area contributed by atoms with Gasteiger partial charge in [0.15, 0.2) is 0 Å². The summed E-state index contributed by atoms with van der Waals surface area (Å²) < 4.78 is 10.4. The van der Waals surface area contributed by atoms with Crippen LogP contribution in [0.25, 0.3) is 0 Å². The van der Waals surface area contributed by atoms with E-state index in [2.05, 4.69) is 0 Å². The standard InChI is InChI=1S/C17H24N2O4/c1-3-22-15-7-5-14(6-8-15)13-16(20)18-9-11-19(12-10-18)17(21)23-4-2/h5-8H,3-4,9-13H2,1-2H3. The monoisotopic (exact) mass is 320 g/mol. The Balaban J connectivity index is 1.81. The summed E-state index contributed by atoms with van der Waals surface area (Å²) in [6, 6.07) is 7.59. The van der Waals surface area contributed by atoms with E-state index in [0.29, 0.717) is 45.8 Å². The number of hydrogen-bond acceptors (Lipinski definition) is 4. The lowest BCUT2D eigenvalue weighted by Gasteiger charge is -2.34. The molecule has 1 aromatic carbocycles. The molecule has 0 atom stereocenters. The third-order valence-corrected chi connectivity index (χ3v) is 3.75. The smallest absolute Gasteiger partial charge is 0.409 e. The highest BCUT2D eigenvalue weighted by Crippen LogP contribution is 2.14. The first kappa shape index (κ1) is 17.1. The molecule has 6 heteroatoms. The second-order valence-electron chi connectivity index (χ2n) is 5.32. The summed E-state index contributed by atoms with van der Waals surface area (Å²) in [4.78, 5) is 27.4. The van der Waals surface area contributed by atoms with Crippen molar-refractivity contribution in [1.29, 1.82) is 0 Å². The molecule has 2 amide bonds. The van der Waals surface area contributed by atoms with Crippen LogP contribution in [-0.2, 0) is 16.0 Å². The predicted octanol–water partition coefficient (Wildman–Crippen LogP) is 1.93. The van der Waals surface area contributed by atoms with Gasteiger partial charge in [0.1, 0.15) is 5.75 Å². The molecule has 1 fully saturated rings. The number of rotatable bonds is 5. The van der Waals surface area contributed by atoms with Gasteiger partial charge in [0.05, 0.1) is 19.6 Å². The van der Waals surface area contributed by atoms with Crippen molar-refractivity contribution in [2.24, 2.45) is 0 Å². The zero-order chi connectivity index (χ0) is 16.7. The highest BCUT2D eigenvalue weighted by molar-refractivity contribution is 5.79. The summed E-state index contributed by atoms with van der Waals surface area (Å²) in [7, 11) is 0. The molecule has 1 aliphatic heterocycles. The van der Waals surface area contributed by atoms with E-state index in [1.807, 2.05) is 31.2 Å². The molecule has 0 spiro atoms. The number of carbonyl (C=O) groups is 2. The molecule has 0 saturated carbocycles. The van der Waals surface area contributed by atoms with Crippen molar-refractivity contribution in [3.63, 3.8) is 0 Å². The molecule has 0 aliphatic carbocycles. The first-order chi connectivity index (χ1) is 11.1. The maximum Gasteiger partial charge on any atom is 0.409 e. The van der Waals surface area contributed by atoms with E-state index in [1.165, 1.54) is 0 Å². The number of nitrogens with zero attached hydrogens (tertiary/aromatic N) is 2. The third-order valence-electron chi connectivity index (χ3n) is 3.75. The molecule has 1 saturated heterocycles. The zero-order valence-corrected chi connectivity index (χ0v) is 13.8. The average Bonchev–Trinajstić information content (AvgIpc) is 2.57. The Morgan fingerprint density at radius 2 is 1.57 bits per heavy atom. The van der Waals surface area contributed by atoms with Crippen molar-refractivity contribution < 1.29 is 19.1 Å². The van der Waals surface area contributed by atoms with Crippen LogP contribution < -0.4 is 4.74 Å². The second-order valence-corrected chi connectivity index (χ2v) is 5.32. The molecule has 1 aliphatic rings. The first-order valence-corrected chi connectivity index (χ1v) is 8.05. The van der Waals surface area contributed by atoms with Crippen LogP contribution in [0.15, 0.2) is 24.3 Å². The molecule has 2 rings (SSSR count). The van der Waals surface area contributed by atoms with Crippen molar-refractivity contribution in [1.82, 2.24) is 9.80 Å². The average molecular weight is 320 g/mol. The molecule has 1 aromatic rings. The van der Waals surface area contributed by atoms with Gasteiger partial charge in [0.2, 0.25) is 5.91 Å². The molecule has 126 valence electrons. The van der Waals surface area contributed by atoms with Gasteiger partial charge in [0, 0.05) is 26.2 Å². The van der Waals surface area contributed by atoms with Gasteiger partial charge < -0.3 is 19.3 Å². The molecule has 1 heterocycles. The van der Waals surface area contributed by atoms with Gasteiger partial charge in [-0.1, -0.05) is 12.1 Å². The Morgan fingerprint density at radius 3 is 2.13 bits per heavy atom. The normalized spacial score (nSPS) is 14.5. The van der Waals surface area contributed by atoms with E-state index < -0.39 is 0 Å². The lowest BCUT2D eigenvalue weighted by molar-refractivity contribution is -0.132.